The average molecular weight is 461 g/mol. The first-order valence-corrected chi connectivity index (χ1v) is 12.3. The van der Waals surface area contributed by atoms with Crippen LogP contribution in [0.15, 0.2) is 18.2 Å². The number of hydrogen-bond donors (Lipinski definition) is 2. The molecule has 0 atom stereocenters. The summed E-state index contributed by atoms with van der Waals surface area (Å²) in [7, 11) is 0. The number of nitrogens with zero attached hydrogens (tertiary/aromatic N) is 2. The molecule has 0 saturated carbocycles. The minimum Gasteiger partial charge on any atom is -0.358 e. The van der Waals surface area contributed by atoms with E-state index >= 15 is 0 Å². The Morgan fingerprint density at radius 3 is 2.65 bits per heavy atom. The molecule has 3 aliphatic rings. The van der Waals surface area contributed by atoms with Crippen molar-refractivity contribution < 1.29 is 14.4 Å². The number of likely N-dealkylation sites (tertiary alicyclic amines) is 1. The van der Waals surface area contributed by atoms with Crippen molar-refractivity contribution in [3.8, 4) is 0 Å². The van der Waals surface area contributed by atoms with Crippen LogP contribution in [0.3, 0.4) is 0 Å². The lowest BCUT2D eigenvalue weighted by Crippen LogP contribution is -2.43. The number of aromatic amines is 1. The number of anilines is 1. The molecule has 3 aliphatic heterocycles. The van der Waals surface area contributed by atoms with E-state index in [4.69, 9.17) is 0 Å². The fraction of sp³-hybridized carbons (Fsp3) is 0.444. The fourth-order valence-corrected chi connectivity index (χ4v) is 5.39. The summed E-state index contributed by atoms with van der Waals surface area (Å²) in [5, 5.41) is 2.91. The Bertz CT molecular complexity index is 1190. The van der Waals surface area contributed by atoms with Gasteiger partial charge in [-0.15, -0.1) is 0 Å². The third-order valence-corrected chi connectivity index (χ3v) is 7.24. The summed E-state index contributed by atoms with van der Waals surface area (Å²) in [6, 6.07) is 5.63. The summed E-state index contributed by atoms with van der Waals surface area (Å²) in [4.78, 5) is 45.5. The summed E-state index contributed by atoms with van der Waals surface area (Å²) in [5.74, 6) is -0.00730. The summed E-state index contributed by atoms with van der Waals surface area (Å²) >= 11 is 0. The van der Waals surface area contributed by atoms with Gasteiger partial charge < -0.3 is 20.1 Å². The predicted octanol–water partition coefficient (Wildman–Crippen LogP) is 3.43. The maximum absolute atomic E-state index is 13.3. The first-order chi connectivity index (χ1) is 16.4. The number of carbonyl (C=O) groups is 3. The van der Waals surface area contributed by atoms with Crippen LogP contribution in [0.5, 0.6) is 0 Å². The molecule has 1 aromatic carbocycles. The molecule has 0 radical (unpaired) electrons. The van der Waals surface area contributed by atoms with Crippen LogP contribution in [0, 0.1) is 6.92 Å². The van der Waals surface area contributed by atoms with Crippen LogP contribution in [0.25, 0.3) is 11.6 Å². The van der Waals surface area contributed by atoms with Gasteiger partial charge in [0.1, 0.15) is 5.78 Å². The molecule has 7 nitrogen and oxygen atoms in total. The van der Waals surface area contributed by atoms with Crippen LogP contribution >= 0.6 is 0 Å². The Labute approximate surface area is 200 Å². The predicted molar refractivity (Wildman–Crippen MR) is 133 cm³/mol. The summed E-state index contributed by atoms with van der Waals surface area (Å²) < 4.78 is 0. The van der Waals surface area contributed by atoms with Crippen LogP contribution in [0.4, 0.5) is 5.69 Å². The Morgan fingerprint density at radius 2 is 1.88 bits per heavy atom. The van der Waals surface area contributed by atoms with Gasteiger partial charge in [-0.25, -0.2) is 0 Å². The van der Waals surface area contributed by atoms with Gasteiger partial charge in [-0.3, -0.25) is 14.4 Å². The number of Topliss-reactive ketones (excluding diaryl/α,β-unsaturated/α-hetero) is 1. The molecule has 0 spiro atoms. The van der Waals surface area contributed by atoms with E-state index in [1.807, 2.05) is 36.1 Å². The van der Waals surface area contributed by atoms with Crippen molar-refractivity contribution in [3.63, 3.8) is 0 Å². The van der Waals surface area contributed by atoms with Crippen molar-refractivity contribution >= 4 is 34.9 Å². The van der Waals surface area contributed by atoms with Gasteiger partial charge in [0.2, 0.25) is 0 Å². The molecule has 178 valence electrons. The lowest BCUT2D eigenvalue weighted by molar-refractivity contribution is -0.116. The van der Waals surface area contributed by atoms with E-state index in [9.17, 15) is 14.4 Å². The first-order valence-electron chi connectivity index (χ1n) is 12.3. The minimum absolute atomic E-state index is 0.0803. The molecule has 5 rings (SSSR count). The number of fused-ring (bicyclic) bond motifs is 2. The second kappa shape index (κ2) is 9.22. The van der Waals surface area contributed by atoms with Crippen LogP contribution in [-0.4, -0.2) is 65.1 Å². The second-order valence-electron chi connectivity index (χ2n) is 9.73. The van der Waals surface area contributed by atoms with Crippen LogP contribution in [-0.2, 0) is 22.4 Å². The monoisotopic (exact) mass is 460 g/mol. The van der Waals surface area contributed by atoms with Crippen molar-refractivity contribution in [3.05, 3.63) is 51.8 Å². The number of piperidine rings is 1. The maximum atomic E-state index is 13.3. The summed E-state index contributed by atoms with van der Waals surface area (Å²) in [5.41, 5.74) is 6.37. The van der Waals surface area contributed by atoms with Crippen molar-refractivity contribution in [2.75, 3.05) is 38.0 Å². The molecule has 1 fully saturated rings. The third-order valence-electron chi connectivity index (χ3n) is 7.24. The van der Waals surface area contributed by atoms with Gasteiger partial charge in [0, 0.05) is 55.1 Å². The number of benzene rings is 1. The van der Waals surface area contributed by atoms with E-state index < -0.39 is 0 Å². The van der Waals surface area contributed by atoms with Crippen LogP contribution in [0.1, 0.15) is 64.6 Å². The first kappa shape index (κ1) is 22.6. The van der Waals surface area contributed by atoms with Gasteiger partial charge in [0.25, 0.3) is 11.8 Å². The molecule has 1 saturated heterocycles. The standard InChI is InChI=1S/C27H32N4O3/c1-17(32)14-19-6-7-22-20(15-19)21(26(33)29-22)16-24-18(2)25-23(28-24)8-11-31(27(25)34)13-12-30-9-4-3-5-10-30/h6-7,15-16,28H,3-5,8-14H2,1-2H3,(H,29,33)/b21-16-. The highest BCUT2D eigenvalue weighted by atomic mass is 16.2. The highest BCUT2D eigenvalue weighted by molar-refractivity contribution is 6.35. The van der Waals surface area contributed by atoms with Gasteiger partial charge in [0.05, 0.1) is 11.1 Å². The van der Waals surface area contributed by atoms with Gasteiger partial charge in [0.15, 0.2) is 0 Å². The van der Waals surface area contributed by atoms with Crippen molar-refractivity contribution in [2.24, 2.45) is 0 Å². The highest BCUT2D eigenvalue weighted by Crippen LogP contribution is 2.35. The molecular weight excluding hydrogens is 428 g/mol. The zero-order valence-electron chi connectivity index (χ0n) is 20.0. The van der Waals surface area contributed by atoms with Crippen molar-refractivity contribution in [1.29, 1.82) is 0 Å². The van der Waals surface area contributed by atoms with E-state index in [2.05, 4.69) is 15.2 Å². The lowest BCUT2D eigenvalue weighted by atomic mass is 9.99. The molecule has 0 unspecified atom stereocenters. The number of aromatic nitrogens is 1. The van der Waals surface area contributed by atoms with Crippen LogP contribution in [0.2, 0.25) is 0 Å². The molecule has 2 aromatic rings. The van der Waals surface area contributed by atoms with Crippen molar-refractivity contribution in [2.45, 2.75) is 46.0 Å². The Morgan fingerprint density at radius 1 is 1.09 bits per heavy atom. The van der Waals surface area contributed by atoms with E-state index in [-0.39, 0.29) is 17.6 Å². The van der Waals surface area contributed by atoms with Crippen molar-refractivity contribution in [1.82, 2.24) is 14.8 Å². The summed E-state index contributed by atoms with van der Waals surface area (Å²) in [6.07, 6.45) is 6.78. The number of carbonyl (C=O) groups excluding carboxylic acids is 3. The van der Waals surface area contributed by atoms with Gasteiger partial charge >= 0.3 is 0 Å². The van der Waals surface area contributed by atoms with Gasteiger partial charge in [-0.05, 0) is 69.1 Å². The number of rotatable bonds is 6. The quantitative estimate of drug-likeness (QED) is 0.647. The third kappa shape index (κ3) is 4.32. The number of ketones is 1. The minimum atomic E-state index is -0.170. The Kier molecular flexibility index (Phi) is 6.13. The van der Waals surface area contributed by atoms with Crippen LogP contribution < -0.4 is 5.32 Å². The molecular formula is C27H32N4O3. The number of amides is 2. The zero-order chi connectivity index (χ0) is 23.8. The Balaban J connectivity index is 1.39. The largest absolute Gasteiger partial charge is 0.358 e. The van der Waals surface area contributed by atoms with Gasteiger partial charge in [-0.2, -0.15) is 0 Å². The lowest BCUT2D eigenvalue weighted by Gasteiger charge is -2.32. The number of hydrogen-bond acceptors (Lipinski definition) is 4. The van der Waals surface area contributed by atoms with E-state index in [0.717, 1.165) is 71.9 Å². The molecule has 2 amide bonds. The topological polar surface area (TPSA) is 85.5 Å². The highest BCUT2D eigenvalue weighted by Gasteiger charge is 2.31. The maximum Gasteiger partial charge on any atom is 0.256 e. The SMILES string of the molecule is CC(=O)Cc1ccc2c(c1)/C(=C/c1[nH]c3c(c1C)C(=O)N(CCN1CCCCC1)CC3)C(=O)N2. The average Bonchev–Trinajstić information content (AvgIpc) is 3.30. The molecule has 0 aliphatic carbocycles. The molecule has 34 heavy (non-hydrogen) atoms. The molecule has 0 bridgehead atoms. The normalized spacial score (nSPS) is 19.4. The van der Waals surface area contributed by atoms with E-state index in [1.165, 1.54) is 19.3 Å². The number of nitrogens with one attached hydrogen (secondary N) is 2. The zero-order valence-corrected chi connectivity index (χ0v) is 20.0. The molecule has 1 aromatic heterocycles. The molecule has 2 N–H and O–H groups in total. The Hall–Kier alpha value is -3.19. The number of H-pyrrole nitrogens is 1. The fourth-order valence-electron chi connectivity index (χ4n) is 5.39. The van der Waals surface area contributed by atoms with Gasteiger partial charge in [-0.1, -0.05) is 12.5 Å². The van der Waals surface area contributed by atoms with E-state index in [1.54, 1.807) is 6.92 Å². The second-order valence-corrected chi connectivity index (χ2v) is 9.73. The van der Waals surface area contributed by atoms with E-state index in [0.29, 0.717) is 18.5 Å². The molecule has 7 heteroatoms. The molecule has 4 heterocycles. The smallest absolute Gasteiger partial charge is 0.256 e. The summed E-state index contributed by atoms with van der Waals surface area (Å²) in [6.45, 7) is 8.18.